The van der Waals surface area contributed by atoms with Crippen molar-refractivity contribution in [3.63, 3.8) is 0 Å². The van der Waals surface area contributed by atoms with Gasteiger partial charge in [0.2, 0.25) is 0 Å². The smallest absolute Gasteiger partial charge is 0.326 e. The molecule has 9 nitrogen and oxygen atoms in total. The molecule has 0 aromatic heterocycles. The molecule has 1 atom stereocenters. The van der Waals surface area contributed by atoms with Gasteiger partial charge in [-0.15, -0.1) is 0 Å². The molecule has 0 radical (unpaired) electrons. The van der Waals surface area contributed by atoms with E-state index in [2.05, 4.69) is 16.0 Å². The lowest BCUT2D eigenvalue weighted by atomic mass is 10.1. The Morgan fingerprint density at radius 3 is 2.47 bits per heavy atom. The van der Waals surface area contributed by atoms with Gasteiger partial charge in [0.25, 0.3) is 11.8 Å². The summed E-state index contributed by atoms with van der Waals surface area (Å²) in [4.78, 5) is 46.6. The summed E-state index contributed by atoms with van der Waals surface area (Å²) in [6, 6.07) is 12.9. The van der Waals surface area contributed by atoms with Gasteiger partial charge in [0.15, 0.2) is 0 Å². The number of rotatable bonds is 10. The lowest BCUT2D eigenvalue weighted by Gasteiger charge is -2.14. The van der Waals surface area contributed by atoms with Crippen molar-refractivity contribution in [2.24, 2.45) is 0 Å². The van der Waals surface area contributed by atoms with E-state index in [9.17, 15) is 24.3 Å². The Kier molecular flexibility index (Phi) is 8.39. The zero-order valence-corrected chi connectivity index (χ0v) is 19.4. The van der Waals surface area contributed by atoms with E-state index >= 15 is 0 Å². The number of benzene rings is 2. The molecule has 2 amide bonds. The van der Waals surface area contributed by atoms with Crippen molar-refractivity contribution >= 4 is 63.8 Å². The number of thioether (sulfide) groups is 1. The highest BCUT2D eigenvalue weighted by atomic mass is 32.2. The Morgan fingerprint density at radius 1 is 1.12 bits per heavy atom. The van der Waals surface area contributed by atoms with Crippen molar-refractivity contribution in [3.05, 3.63) is 70.1 Å². The number of anilines is 1. The molecule has 1 saturated heterocycles. The van der Waals surface area contributed by atoms with Gasteiger partial charge in [0.1, 0.15) is 10.4 Å². The monoisotopic (exact) mass is 499 g/mol. The predicted molar refractivity (Wildman–Crippen MR) is 132 cm³/mol. The van der Waals surface area contributed by atoms with Crippen molar-refractivity contribution in [3.8, 4) is 0 Å². The van der Waals surface area contributed by atoms with Crippen LogP contribution in [-0.2, 0) is 20.9 Å². The number of aliphatic carboxylic acids is 2. The molecule has 0 unspecified atom stereocenters. The molecule has 0 saturated carbocycles. The van der Waals surface area contributed by atoms with E-state index in [1.54, 1.807) is 30.3 Å². The first-order valence-corrected chi connectivity index (χ1v) is 11.4. The van der Waals surface area contributed by atoms with Crippen molar-refractivity contribution in [1.29, 1.82) is 0 Å². The summed E-state index contributed by atoms with van der Waals surface area (Å²) in [6.07, 6.45) is 1.20. The number of carboxylic acid groups (broad SMARTS) is 2. The van der Waals surface area contributed by atoms with Crippen LogP contribution in [0.1, 0.15) is 34.3 Å². The third kappa shape index (κ3) is 7.15. The largest absolute Gasteiger partial charge is 0.481 e. The van der Waals surface area contributed by atoms with Gasteiger partial charge in [0, 0.05) is 24.2 Å². The SMILES string of the molecule is O=C(O)CC[C@@H](NC(=O)c1ccc(CNc2cccc(/C=C3\SC(=S)NC3=O)c2)cc1)C(=O)O. The molecule has 1 aliphatic heterocycles. The van der Waals surface area contributed by atoms with Crippen LogP contribution >= 0.6 is 24.0 Å². The van der Waals surface area contributed by atoms with Crippen LogP contribution in [0.3, 0.4) is 0 Å². The fourth-order valence-electron chi connectivity index (χ4n) is 3.06. The van der Waals surface area contributed by atoms with Crippen LogP contribution in [-0.4, -0.2) is 44.3 Å². The van der Waals surface area contributed by atoms with Crippen molar-refractivity contribution < 1.29 is 29.4 Å². The number of amides is 2. The van der Waals surface area contributed by atoms with Gasteiger partial charge in [-0.05, 0) is 47.9 Å². The van der Waals surface area contributed by atoms with Gasteiger partial charge in [0.05, 0.1) is 4.91 Å². The first-order chi connectivity index (χ1) is 16.2. The normalized spacial score (nSPS) is 15.0. The fraction of sp³-hybridized carbons (Fsp3) is 0.174. The molecular weight excluding hydrogens is 478 g/mol. The van der Waals surface area contributed by atoms with Crippen LogP contribution in [0.15, 0.2) is 53.4 Å². The molecule has 1 heterocycles. The molecule has 1 fully saturated rings. The average molecular weight is 500 g/mol. The Labute approximate surface area is 204 Å². The highest BCUT2D eigenvalue weighted by molar-refractivity contribution is 8.26. The molecule has 2 aromatic rings. The standard InChI is InChI=1S/C23H21N3O6S2/c27-19(28)9-8-17(22(31)32)25-20(29)15-6-4-13(5-7-15)12-24-16-3-1-2-14(10-16)11-18-21(30)26-23(33)34-18/h1-7,10-11,17,24H,8-9,12H2,(H,25,29)(H,27,28)(H,31,32)(H,26,30,33)/b18-11-/t17-/m1/s1. The molecule has 0 aliphatic carbocycles. The molecule has 0 spiro atoms. The minimum Gasteiger partial charge on any atom is -0.481 e. The van der Waals surface area contributed by atoms with Gasteiger partial charge in [-0.2, -0.15) is 0 Å². The van der Waals surface area contributed by atoms with Gasteiger partial charge in [-0.25, -0.2) is 4.79 Å². The third-order valence-corrected chi connectivity index (χ3v) is 5.95. The van der Waals surface area contributed by atoms with Gasteiger partial charge >= 0.3 is 11.9 Å². The Morgan fingerprint density at radius 2 is 1.85 bits per heavy atom. The maximum Gasteiger partial charge on any atom is 0.326 e. The second-order valence-electron chi connectivity index (χ2n) is 7.32. The van der Waals surface area contributed by atoms with Crippen LogP contribution in [0.5, 0.6) is 0 Å². The van der Waals surface area contributed by atoms with Gasteiger partial charge in [-0.1, -0.05) is 48.2 Å². The number of carbonyl (C=O) groups is 4. The molecule has 11 heteroatoms. The first kappa shape index (κ1) is 24.9. The second-order valence-corrected chi connectivity index (χ2v) is 9.04. The number of carboxylic acids is 2. The quantitative estimate of drug-likeness (QED) is 0.246. The lowest BCUT2D eigenvalue weighted by molar-refractivity contribution is -0.140. The van der Waals surface area contributed by atoms with Crippen LogP contribution in [0.4, 0.5) is 5.69 Å². The van der Waals surface area contributed by atoms with Crippen molar-refractivity contribution in [1.82, 2.24) is 10.6 Å². The third-order valence-electron chi connectivity index (χ3n) is 4.79. The highest BCUT2D eigenvalue weighted by Crippen LogP contribution is 2.26. The zero-order chi connectivity index (χ0) is 24.7. The minimum atomic E-state index is -1.29. The van der Waals surface area contributed by atoms with E-state index in [1.807, 2.05) is 24.3 Å². The first-order valence-electron chi connectivity index (χ1n) is 10.1. The van der Waals surface area contributed by atoms with E-state index in [0.717, 1.165) is 16.8 Å². The lowest BCUT2D eigenvalue weighted by Crippen LogP contribution is -2.41. The predicted octanol–water partition coefficient (Wildman–Crippen LogP) is 2.84. The number of carbonyl (C=O) groups excluding carboxylic acids is 2. The minimum absolute atomic E-state index is 0.204. The van der Waals surface area contributed by atoms with Crippen molar-refractivity contribution in [2.75, 3.05) is 5.32 Å². The summed E-state index contributed by atoms with van der Waals surface area (Å²) in [5.74, 6) is -3.23. The van der Waals surface area contributed by atoms with Crippen LogP contribution in [0, 0.1) is 0 Å². The summed E-state index contributed by atoms with van der Waals surface area (Å²) >= 11 is 6.21. The molecule has 3 rings (SSSR count). The highest BCUT2D eigenvalue weighted by Gasteiger charge is 2.22. The summed E-state index contributed by atoms with van der Waals surface area (Å²) < 4.78 is 0.432. The summed E-state index contributed by atoms with van der Waals surface area (Å²) in [5, 5.41) is 26.1. The molecule has 34 heavy (non-hydrogen) atoms. The van der Waals surface area contributed by atoms with Crippen LogP contribution in [0.2, 0.25) is 0 Å². The Balaban J connectivity index is 1.58. The average Bonchev–Trinajstić information content (AvgIpc) is 3.11. The molecule has 1 aliphatic rings. The molecule has 176 valence electrons. The van der Waals surface area contributed by atoms with Crippen molar-refractivity contribution in [2.45, 2.75) is 25.4 Å². The van der Waals surface area contributed by atoms with Crippen LogP contribution < -0.4 is 16.0 Å². The molecule has 5 N–H and O–H groups in total. The maximum absolute atomic E-state index is 12.3. The summed E-state index contributed by atoms with van der Waals surface area (Å²) in [7, 11) is 0. The Hall–Kier alpha value is -3.70. The molecule has 2 aromatic carbocycles. The van der Waals surface area contributed by atoms with Gasteiger partial charge in [-0.3, -0.25) is 14.4 Å². The van der Waals surface area contributed by atoms with E-state index in [1.165, 1.54) is 11.8 Å². The van der Waals surface area contributed by atoms with E-state index < -0.39 is 23.9 Å². The second kappa shape index (κ2) is 11.4. The van der Waals surface area contributed by atoms with E-state index in [-0.39, 0.29) is 24.3 Å². The van der Waals surface area contributed by atoms with E-state index in [4.69, 9.17) is 17.3 Å². The number of thiocarbonyl (C=S) groups is 1. The Bertz CT molecular complexity index is 1160. The fourth-order valence-corrected chi connectivity index (χ4v) is 4.10. The van der Waals surface area contributed by atoms with Gasteiger partial charge < -0.3 is 26.2 Å². The van der Waals surface area contributed by atoms with E-state index in [0.29, 0.717) is 15.8 Å². The number of nitrogens with one attached hydrogen (secondary N) is 3. The number of hydrogen-bond acceptors (Lipinski definition) is 7. The van der Waals surface area contributed by atoms with Crippen LogP contribution in [0.25, 0.3) is 6.08 Å². The molecular formula is C23H21N3O6S2. The summed E-state index contributed by atoms with van der Waals surface area (Å²) in [5.41, 5.74) is 2.83. The molecule has 0 bridgehead atoms. The number of hydrogen-bond donors (Lipinski definition) is 5. The summed E-state index contributed by atoms with van der Waals surface area (Å²) in [6.45, 7) is 0.470. The topological polar surface area (TPSA) is 145 Å². The zero-order valence-electron chi connectivity index (χ0n) is 17.7. The maximum atomic E-state index is 12.3.